The number of rotatable bonds is 10. The minimum absolute atomic E-state index is 0.0202. The topological polar surface area (TPSA) is 46.2 Å². The fourth-order valence-electron chi connectivity index (χ4n) is 1.27. The maximum Gasteiger partial charge on any atom is 0.220 e. The summed E-state index contributed by atoms with van der Waals surface area (Å²) in [5.41, 5.74) is 0. The molecule has 0 aromatic rings. The normalized spacial score (nSPS) is 9.60. The minimum atomic E-state index is -0.0202. The summed E-state index contributed by atoms with van der Waals surface area (Å²) in [6, 6.07) is 0. The summed E-state index contributed by atoms with van der Waals surface area (Å²) in [5.74, 6) is -0.0202. The minimum Gasteiger partial charge on any atom is -0.356 e. The Labute approximate surface area is 91.9 Å². The van der Waals surface area contributed by atoms with E-state index in [1.54, 1.807) is 0 Å². The molecule has 0 saturated heterocycles. The summed E-state index contributed by atoms with van der Waals surface area (Å²) in [5, 5.41) is 2.79. The summed E-state index contributed by atoms with van der Waals surface area (Å²) >= 11 is 0. The van der Waals surface area contributed by atoms with Crippen LogP contribution < -0.4 is 5.32 Å². The number of hydrogen-bond acceptors (Lipinski definition) is 2. The highest BCUT2D eigenvalue weighted by Crippen LogP contribution is 2.02. The van der Waals surface area contributed by atoms with Gasteiger partial charge in [-0.2, -0.15) is 0 Å². The number of allylic oxidation sites excluding steroid dienone is 1. The highest BCUT2D eigenvalue weighted by atomic mass is 16.1. The first-order valence-electron chi connectivity index (χ1n) is 5.62. The molecule has 15 heavy (non-hydrogen) atoms. The van der Waals surface area contributed by atoms with E-state index in [1.165, 1.54) is 12.8 Å². The van der Waals surface area contributed by atoms with Gasteiger partial charge in [0, 0.05) is 19.4 Å². The molecule has 0 unspecified atom stereocenters. The average molecular weight is 211 g/mol. The molecule has 0 saturated carbocycles. The van der Waals surface area contributed by atoms with Gasteiger partial charge in [0.25, 0.3) is 0 Å². The third-order valence-corrected chi connectivity index (χ3v) is 2.15. The summed E-state index contributed by atoms with van der Waals surface area (Å²) < 4.78 is 0. The van der Waals surface area contributed by atoms with Crippen LogP contribution in [0.3, 0.4) is 0 Å². The molecule has 1 amide bonds. The second kappa shape index (κ2) is 11.0. The van der Waals surface area contributed by atoms with Crippen molar-refractivity contribution in [1.82, 2.24) is 5.32 Å². The van der Waals surface area contributed by atoms with Crippen LogP contribution in [0.5, 0.6) is 0 Å². The third-order valence-electron chi connectivity index (χ3n) is 2.15. The Morgan fingerprint density at radius 2 is 1.87 bits per heavy atom. The molecule has 0 heterocycles. The fourth-order valence-corrected chi connectivity index (χ4v) is 1.27. The van der Waals surface area contributed by atoms with Gasteiger partial charge in [0.1, 0.15) is 6.29 Å². The monoisotopic (exact) mass is 211 g/mol. The lowest BCUT2D eigenvalue weighted by atomic mass is 10.1. The first-order chi connectivity index (χ1) is 7.31. The van der Waals surface area contributed by atoms with Crippen LogP contribution in [0.25, 0.3) is 0 Å². The van der Waals surface area contributed by atoms with Crippen molar-refractivity contribution in [3.05, 3.63) is 12.7 Å². The van der Waals surface area contributed by atoms with Crippen molar-refractivity contribution in [1.29, 1.82) is 0 Å². The van der Waals surface area contributed by atoms with Crippen molar-refractivity contribution in [3.8, 4) is 0 Å². The molecule has 0 aliphatic carbocycles. The van der Waals surface area contributed by atoms with Gasteiger partial charge in [-0.25, -0.2) is 0 Å². The molecule has 3 heteroatoms. The lowest BCUT2D eigenvalue weighted by Crippen LogP contribution is -2.24. The van der Waals surface area contributed by atoms with E-state index in [0.717, 1.165) is 32.1 Å². The lowest BCUT2D eigenvalue weighted by Gasteiger charge is -2.03. The van der Waals surface area contributed by atoms with Gasteiger partial charge < -0.3 is 10.1 Å². The predicted octanol–water partition coefficient (Wildman–Crippen LogP) is 2.22. The molecule has 0 rings (SSSR count). The van der Waals surface area contributed by atoms with E-state index in [0.29, 0.717) is 12.8 Å². The van der Waals surface area contributed by atoms with E-state index in [9.17, 15) is 9.59 Å². The first-order valence-corrected chi connectivity index (χ1v) is 5.62. The number of unbranched alkanes of at least 4 members (excludes halogenated alkanes) is 4. The number of nitrogens with one attached hydrogen (secondary N) is 1. The van der Waals surface area contributed by atoms with E-state index < -0.39 is 0 Å². The van der Waals surface area contributed by atoms with E-state index in [2.05, 4.69) is 11.9 Å². The zero-order valence-corrected chi connectivity index (χ0v) is 9.34. The van der Waals surface area contributed by atoms with Crippen molar-refractivity contribution in [2.45, 2.75) is 44.9 Å². The van der Waals surface area contributed by atoms with Crippen LogP contribution in [-0.4, -0.2) is 18.7 Å². The zero-order chi connectivity index (χ0) is 11.4. The van der Waals surface area contributed by atoms with Crippen molar-refractivity contribution in [2.24, 2.45) is 0 Å². The van der Waals surface area contributed by atoms with Crippen LogP contribution in [0.2, 0.25) is 0 Å². The number of carbonyl (C=O) groups is 2. The summed E-state index contributed by atoms with van der Waals surface area (Å²) in [6.45, 7) is 4.39. The van der Waals surface area contributed by atoms with E-state index in [1.807, 2.05) is 6.08 Å². The highest BCUT2D eigenvalue weighted by molar-refractivity contribution is 5.77. The Balaban J connectivity index is 3.12. The Morgan fingerprint density at radius 1 is 1.13 bits per heavy atom. The van der Waals surface area contributed by atoms with Crippen LogP contribution in [-0.2, 0) is 9.59 Å². The number of hydrogen-bond donors (Lipinski definition) is 1. The maximum atomic E-state index is 11.1. The molecule has 0 spiro atoms. The molecule has 0 atom stereocenters. The van der Waals surface area contributed by atoms with Gasteiger partial charge in [-0.05, 0) is 19.3 Å². The Bertz CT molecular complexity index is 190. The average Bonchev–Trinajstić information content (AvgIpc) is 2.25. The van der Waals surface area contributed by atoms with Crippen LogP contribution in [0.4, 0.5) is 0 Å². The number of aldehydes is 1. The third kappa shape index (κ3) is 10.8. The molecule has 0 aromatic heterocycles. The molecule has 0 bridgehead atoms. The second-order valence-electron chi connectivity index (χ2n) is 3.55. The molecule has 0 radical (unpaired) electrons. The molecule has 0 aromatic carbocycles. The standard InChI is InChI=1S/C12H21NO2/c1-2-3-4-5-6-7-10-13-12(15)9-8-11-14/h2,11H,1,3-10H2,(H,13,15). The van der Waals surface area contributed by atoms with Crippen LogP contribution >= 0.6 is 0 Å². The van der Waals surface area contributed by atoms with Crippen molar-refractivity contribution >= 4 is 12.2 Å². The van der Waals surface area contributed by atoms with Crippen molar-refractivity contribution in [2.75, 3.05) is 6.54 Å². The van der Waals surface area contributed by atoms with Gasteiger partial charge in [0.05, 0.1) is 0 Å². The zero-order valence-electron chi connectivity index (χ0n) is 9.34. The Morgan fingerprint density at radius 3 is 2.53 bits per heavy atom. The Kier molecular flexibility index (Phi) is 10.1. The fraction of sp³-hybridized carbons (Fsp3) is 0.667. The SMILES string of the molecule is C=CCCCCCCNC(=O)CCC=O. The molecule has 1 N–H and O–H groups in total. The van der Waals surface area contributed by atoms with Crippen molar-refractivity contribution < 1.29 is 9.59 Å². The summed E-state index contributed by atoms with van der Waals surface area (Å²) in [6.07, 6.45) is 8.96. The highest BCUT2D eigenvalue weighted by Gasteiger charge is 1.98. The predicted molar refractivity (Wildman–Crippen MR) is 61.6 cm³/mol. The van der Waals surface area contributed by atoms with Crippen LogP contribution in [0.15, 0.2) is 12.7 Å². The van der Waals surface area contributed by atoms with Crippen LogP contribution in [0, 0.1) is 0 Å². The maximum absolute atomic E-state index is 11.1. The smallest absolute Gasteiger partial charge is 0.220 e. The molecule has 86 valence electrons. The molecular formula is C12H21NO2. The van der Waals surface area contributed by atoms with Crippen molar-refractivity contribution in [3.63, 3.8) is 0 Å². The van der Waals surface area contributed by atoms with Gasteiger partial charge in [-0.3, -0.25) is 4.79 Å². The summed E-state index contributed by atoms with van der Waals surface area (Å²) in [4.78, 5) is 21.1. The first kappa shape index (κ1) is 13.9. The second-order valence-corrected chi connectivity index (χ2v) is 3.55. The number of amides is 1. The molecular weight excluding hydrogens is 190 g/mol. The van der Waals surface area contributed by atoms with Gasteiger partial charge in [0.2, 0.25) is 5.91 Å². The lowest BCUT2D eigenvalue weighted by molar-refractivity contribution is -0.122. The van der Waals surface area contributed by atoms with E-state index in [-0.39, 0.29) is 5.91 Å². The molecule has 0 aliphatic rings. The largest absolute Gasteiger partial charge is 0.356 e. The quantitative estimate of drug-likeness (QED) is 0.342. The molecule has 3 nitrogen and oxygen atoms in total. The van der Waals surface area contributed by atoms with Gasteiger partial charge >= 0.3 is 0 Å². The van der Waals surface area contributed by atoms with Gasteiger partial charge in [-0.1, -0.05) is 18.9 Å². The van der Waals surface area contributed by atoms with E-state index in [4.69, 9.17) is 0 Å². The number of carbonyl (C=O) groups excluding carboxylic acids is 2. The van der Waals surface area contributed by atoms with Crippen LogP contribution in [0.1, 0.15) is 44.9 Å². The molecule has 0 aliphatic heterocycles. The van der Waals surface area contributed by atoms with E-state index >= 15 is 0 Å². The summed E-state index contributed by atoms with van der Waals surface area (Å²) in [7, 11) is 0. The van der Waals surface area contributed by atoms with Gasteiger partial charge in [0.15, 0.2) is 0 Å². The van der Waals surface area contributed by atoms with Gasteiger partial charge in [-0.15, -0.1) is 6.58 Å². The molecule has 0 fully saturated rings. The Hall–Kier alpha value is -1.12.